The zero-order chi connectivity index (χ0) is 21.0. The average Bonchev–Trinajstić information content (AvgIpc) is 2.69. The van der Waals surface area contributed by atoms with Gasteiger partial charge in [0.05, 0.1) is 11.8 Å². The molecule has 0 bridgehead atoms. The molecule has 0 heterocycles. The maximum Gasteiger partial charge on any atom is 0.416 e. The number of hydrazone groups is 1. The van der Waals surface area contributed by atoms with Crippen LogP contribution in [-0.4, -0.2) is 23.1 Å². The standard InChI is InChI=1S/C20H14F3N3O3/c21-20(22,23)13-5-3-6-14(10-13)25-18(28)19(29)26-24-11-16-15-7-2-1-4-12(15)8-9-17(16)27/h1-11,27H,(H,25,28)(H,26,29). The van der Waals surface area contributed by atoms with Gasteiger partial charge in [-0.05, 0) is 35.0 Å². The molecule has 3 aromatic rings. The Bertz CT molecular complexity index is 1110. The number of carbonyl (C=O) groups is 2. The molecule has 0 saturated heterocycles. The Morgan fingerprint density at radius 2 is 1.72 bits per heavy atom. The van der Waals surface area contributed by atoms with E-state index in [1.54, 1.807) is 18.2 Å². The number of carbonyl (C=O) groups excluding carboxylic acids is 2. The second kappa shape index (κ2) is 8.01. The molecule has 0 aliphatic carbocycles. The molecule has 6 nitrogen and oxygen atoms in total. The Hall–Kier alpha value is -3.88. The van der Waals surface area contributed by atoms with Crippen LogP contribution in [0.3, 0.4) is 0 Å². The van der Waals surface area contributed by atoms with Gasteiger partial charge in [-0.1, -0.05) is 36.4 Å². The third-order valence-corrected chi connectivity index (χ3v) is 3.96. The number of nitrogens with one attached hydrogen (secondary N) is 2. The number of phenols is 1. The normalized spacial score (nSPS) is 11.6. The molecule has 0 radical (unpaired) electrons. The SMILES string of the molecule is O=C(NN=Cc1c(O)ccc2ccccc12)C(=O)Nc1cccc(C(F)(F)F)c1. The second-order valence-corrected chi connectivity index (χ2v) is 5.95. The van der Waals surface area contributed by atoms with Gasteiger partial charge in [-0.25, -0.2) is 5.43 Å². The van der Waals surface area contributed by atoms with Crippen LogP contribution in [0.25, 0.3) is 10.8 Å². The molecule has 29 heavy (non-hydrogen) atoms. The van der Waals surface area contributed by atoms with Crippen LogP contribution < -0.4 is 10.7 Å². The van der Waals surface area contributed by atoms with Gasteiger partial charge in [0.2, 0.25) is 0 Å². The number of hydrogen-bond donors (Lipinski definition) is 3. The second-order valence-electron chi connectivity index (χ2n) is 5.95. The summed E-state index contributed by atoms with van der Waals surface area (Å²) in [7, 11) is 0. The lowest BCUT2D eigenvalue weighted by atomic mass is 10.0. The third kappa shape index (κ3) is 4.70. The van der Waals surface area contributed by atoms with Crippen molar-refractivity contribution in [2.45, 2.75) is 6.18 Å². The fourth-order valence-electron chi connectivity index (χ4n) is 2.59. The minimum atomic E-state index is -4.58. The van der Waals surface area contributed by atoms with Crippen LogP contribution in [0.5, 0.6) is 5.75 Å². The van der Waals surface area contributed by atoms with Gasteiger partial charge in [-0.3, -0.25) is 9.59 Å². The van der Waals surface area contributed by atoms with E-state index in [-0.39, 0.29) is 11.4 Å². The number of hydrogen-bond acceptors (Lipinski definition) is 4. The molecule has 148 valence electrons. The first-order valence-corrected chi connectivity index (χ1v) is 8.28. The van der Waals surface area contributed by atoms with E-state index >= 15 is 0 Å². The van der Waals surface area contributed by atoms with Crippen molar-refractivity contribution in [2.75, 3.05) is 5.32 Å². The molecule has 0 aromatic heterocycles. The van der Waals surface area contributed by atoms with Gasteiger partial charge in [0.15, 0.2) is 0 Å². The minimum absolute atomic E-state index is 0.0740. The highest BCUT2D eigenvalue weighted by Gasteiger charge is 2.30. The first kappa shape index (κ1) is 19.9. The fourth-order valence-corrected chi connectivity index (χ4v) is 2.59. The average molecular weight is 401 g/mol. The molecular formula is C20H14F3N3O3. The zero-order valence-electron chi connectivity index (χ0n) is 14.7. The number of anilines is 1. The molecule has 9 heteroatoms. The highest BCUT2D eigenvalue weighted by atomic mass is 19.4. The summed E-state index contributed by atoms with van der Waals surface area (Å²) in [5, 5.41) is 17.2. The summed E-state index contributed by atoms with van der Waals surface area (Å²) in [4.78, 5) is 23.7. The Morgan fingerprint density at radius 3 is 2.48 bits per heavy atom. The molecule has 0 fully saturated rings. The fraction of sp³-hybridized carbons (Fsp3) is 0.0500. The smallest absolute Gasteiger partial charge is 0.416 e. The van der Waals surface area contributed by atoms with Gasteiger partial charge in [-0.15, -0.1) is 0 Å². The first-order chi connectivity index (χ1) is 13.8. The van der Waals surface area contributed by atoms with Crippen molar-refractivity contribution >= 4 is 34.5 Å². The molecule has 3 aromatic carbocycles. The van der Waals surface area contributed by atoms with E-state index < -0.39 is 23.6 Å². The summed E-state index contributed by atoms with van der Waals surface area (Å²) in [6.45, 7) is 0. The van der Waals surface area contributed by atoms with E-state index in [0.29, 0.717) is 17.0 Å². The molecule has 0 saturated carbocycles. The van der Waals surface area contributed by atoms with E-state index in [1.807, 2.05) is 17.6 Å². The van der Waals surface area contributed by atoms with Gasteiger partial charge in [-0.2, -0.15) is 18.3 Å². The predicted molar refractivity (Wildman–Crippen MR) is 101 cm³/mol. The lowest BCUT2D eigenvalue weighted by molar-refractivity contribution is -0.137. The van der Waals surface area contributed by atoms with Gasteiger partial charge in [0.25, 0.3) is 0 Å². The minimum Gasteiger partial charge on any atom is -0.507 e. The van der Waals surface area contributed by atoms with Crippen molar-refractivity contribution in [1.82, 2.24) is 5.43 Å². The summed E-state index contributed by atoms with van der Waals surface area (Å²) < 4.78 is 38.1. The summed E-state index contributed by atoms with van der Waals surface area (Å²) >= 11 is 0. The molecule has 0 unspecified atom stereocenters. The van der Waals surface area contributed by atoms with E-state index in [0.717, 1.165) is 17.5 Å². The van der Waals surface area contributed by atoms with Crippen LogP contribution in [-0.2, 0) is 15.8 Å². The maximum atomic E-state index is 12.7. The number of benzene rings is 3. The number of rotatable bonds is 3. The van der Waals surface area contributed by atoms with E-state index in [9.17, 15) is 27.9 Å². The number of phenolic OH excluding ortho intramolecular Hbond substituents is 1. The van der Waals surface area contributed by atoms with Crippen molar-refractivity contribution in [1.29, 1.82) is 0 Å². The number of halogens is 3. The highest BCUT2D eigenvalue weighted by molar-refractivity contribution is 6.39. The Labute approximate surface area is 162 Å². The van der Waals surface area contributed by atoms with Crippen LogP contribution in [0.2, 0.25) is 0 Å². The number of aromatic hydroxyl groups is 1. The van der Waals surface area contributed by atoms with Gasteiger partial charge >= 0.3 is 18.0 Å². The van der Waals surface area contributed by atoms with Gasteiger partial charge in [0.1, 0.15) is 5.75 Å². The largest absolute Gasteiger partial charge is 0.507 e. The monoisotopic (exact) mass is 401 g/mol. The topological polar surface area (TPSA) is 90.8 Å². The number of nitrogens with zero attached hydrogens (tertiary/aromatic N) is 1. The van der Waals surface area contributed by atoms with E-state index in [2.05, 4.69) is 10.4 Å². The van der Waals surface area contributed by atoms with Crippen molar-refractivity contribution in [3.63, 3.8) is 0 Å². The van der Waals surface area contributed by atoms with E-state index in [4.69, 9.17) is 0 Å². The Kier molecular flexibility index (Phi) is 5.49. The van der Waals surface area contributed by atoms with Crippen LogP contribution in [0.1, 0.15) is 11.1 Å². The lowest BCUT2D eigenvalue weighted by Gasteiger charge is -2.09. The van der Waals surface area contributed by atoms with Crippen molar-refractivity contribution in [2.24, 2.45) is 5.10 Å². The molecule has 0 spiro atoms. The third-order valence-electron chi connectivity index (χ3n) is 3.96. The lowest BCUT2D eigenvalue weighted by Crippen LogP contribution is -2.32. The maximum absolute atomic E-state index is 12.7. The molecule has 0 aliphatic heterocycles. The van der Waals surface area contributed by atoms with Crippen molar-refractivity contribution < 1.29 is 27.9 Å². The number of amides is 2. The number of fused-ring (bicyclic) bond motifs is 1. The van der Waals surface area contributed by atoms with Crippen molar-refractivity contribution in [3.05, 3.63) is 71.8 Å². The summed E-state index contributed by atoms with van der Waals surface area (Å²) in [6, 6.07) is 14.2. The molecule has 3 rings (SSSR count). The summed E-state index contributed by atoms with van der Waals surface area (Å²) in [5.41, 5.74) is 1.17. The molecule has 0 atom stereocenters. The summed E-state index contributed by atoms with van der Waals surface area (Å²) in [5.74, 6) is -2.45. The molecule has 3 N–H and O–H groups in total. The van der Waals surface area contributed by atoms with Crippen LogP contribution in [0, 0.1) is 0 Å². The number of alkyl halides is 3. The molecular weight excluding hydrogens is 387 g/mol. The van der Waals surface area contributed by atoms with E-state index in [1.165, 1.54) is 18.3 Å². The Morgan fingerprint density at radius 1 is 0.966 bits per heavy atom. The molecule has 0 aliphatic rings. The van der Waals surface area contributed by atoms with Gasteiger partial charge in [0, 0.05) is 11.3 Å². The van der Waals surface area contributed by atoms with Crippen molar-refractivity contribution in [3.8, 4) is 5.75 Å². The Balaban J connectivity index is 1.69. The van der Waals surface area contributed by atoms with Gasteiger partial charge < -0.3 is 10.4 Å². The van der Waals surface area contributed by atoms with Crippen LogP contribution >= 0.6 is 0 Å². The zero-order valence-corrected chi connectivity index (χ0v) is 14.7. The predicted octanol–water partition coefficient (Wildman–Crippen LogP) is 3.65. The van der Waals surface area contributed by atoms with Crippen LogP contribution in [0.4, 0.5) is 18.9 Å². The summed E-state index contributed by atoms with van der Waals surface area (Å²) in [6.07, 6.45) is -3.40. The quantitative estimate of drug-likeness (QED) is 0.355. The molecule has 2 amide bonds. The first-order valence-electron chi connectivity index (χ1n) is 8.28. The highest BCUT2D eigenvalue weighted by Crippen LogP contribution is 2.30. The van der Waals surface area contributed by atoms with Crippen LogP contribution in [0.15, 0.2) is 65.8 Å².